The Morgan fingerprint density at radius 2 is 1.82 bits per heavy atom. The maximum atomic E-state index is 5.88. The first kappa shape index (κ1) is 16.9. The van der Waals surface area contributed by atoms with Gasteiger partial charge in [0.2, 0.25) is 5.95 Å². The van der Waals surface area contributed by atoms with Gasteiger partial charge in [-0.2, -0.15) is 0 Å². The summed E-state index contributed by atoms with van der Waals surface area (Å²) in [6.45, 7) is 1.63. The van der Waals surface area contributed by atoms with Gasteiger partial charge in [-0.05, 0) is 31.0 Å². The van der Waals surface area contributed by atoms with Crippen molar-refractivity contribution in [2.45, 2.75) is 25.5 Å². The SMILES string of the molecule is c1ccc(-c2ncn(C[C@@H]3CCCO3)c2-c2cccn2-c2ncccn2)cc1. The first-order chi connectivity index (χ1) is 13.9. The highest BCUT2D eigenvalue weighted by Crippen LogP contribution is 2.33. The molecule has 0 bridgehead atoms. The fourth-order valence-corrected chi connectivity index (χ4v) is 3.77. The molecule has 0 amide bonds. The Morgan fingerprint density at radius 1 is 0.964 bits per heavy atom. The topological polar surface area (TPSA) is 57.8 Å². The van der Waals surface area contributed by atoms with Crippen molar-refractivity contribution in [3.63, 3.8) is 0 Å². The Kier molecular flexibility index (Phi) is 4.47. The molecule has 28 heavy (non-hydrogen) atoms. The first-order valence-corrected chi connectivity index (χ1v) is 9.57. The molecule has 4 aromatic rings. The van der Waals surface area contributed by atoms with E-state index in [1.165, 1.54) is 0 Å². The van der Waals surface area contributed by atoms with Gasteiger partial charge in [-0.15, -0.1) is 0 Å². The highest BCUT2D eigenvalue weighted by atomic mass is 16.5. The number of hydrogen-bond donors (Lipinski definition) is 0. The molecule has 4 heterocycles. The summed E-state index contributed by atoms with van der Waals surface area (Å²) in [5.41, 5.74) is 4.11. The van der Waals surface area contributed by atoms with Crippen molar-refractivity contribution in [3.05, 3.63) is 73.4 Å². The van der Waals surface area contributed by atoms with E-state index in [9.17, 15) is 0 Å². The third kappa shape index (κ3) is 3.12. The van der Waals surface area contributed by atoms with Crippen molar-refractivity contribution < 1.29 is 4.74 Å². The van der Waals surface area contributed by atoms with Crippen LogP contribution >= 0.6 is 0 Å². The van der Waals surface area contributed by atoms with Gasteiger partial charge in [-0.1, -0.05) is 30.3 Å². The molecule has 5 rings (SSSR count). The van der Waals surface area contributed by atoms with Crippen LogP contribution in [0.25, 0.3) is 28.6 Å². The second-order valence-corrected chi connectivity index (χ2v) is 6.91. The van der Waals surface area contributed by atoms with Crippen LogP contribution in [0.15, 0.2) is 73.4 Å². The number of ether oxygens (including phenoxy) is 1. The van der Waals surface area contributed by atoms with Gasteiger partial charge in [0.15, 0.2) is 0 Å². The van der Waals surface area contributed by atoms with Crippen molar-refractivity contribution in [2.75, 3.05) is 6.61 Å². The van der Waals surface area contributed by atoms with E-state index in [1.807, 2.05) is 47.4 Å². The molecule has 6 nitrogen and oxygen atoms in total. The number of hydrogen-bond acceptors (Lipinski definition) is 4. The fourth-order valence-electron chi connectivity index (χ4n) is 3.77. The van der Waals surface area contributed by atoms with Crippen LogP contribution in [0, 0.1) is 0 Å². The van der Waals surface area contributed by atoms with Crippen LogP contribution in [-0.4, -0.2) is 36.8 Å². The summed E-state index contributed by atoms with van der Waals surface area (Å²) in [5, 5.41) is 0. The van der Waals surface area contributed by atoms with E-state index < -0.39 is 0 Å². The van der Waals surface area contributed by atoms with Crippen LogP contribution in [0.3, 0.4) is 0 Å². The van der Waals surface area contributed by atoms with Gasteiger partial charge < -0.3 is 9.30 Å². The standard InChI is InChI=1S/C22H21N5O/c1-2-7-17(8-3-1)20-21(26(16-25-20)15-18-9-5-14-28-18)19-10-4-13-27(19)22-23-11-6-12-24-22/h1-4,6-8,10-13,16,18H,5,9,14-15H2/t18-/m0/s1. The Labute approximate surface area is 163 Å². The summed E-state index contributed by atoms with van der Waals surface area (Å²) >= 11 is 0. The summed E-state index contributed by atoms with van der Waals surface area (Å²) in [6, 6.07) is 16.2. The molecule has 6 heteroatoms. The molecule has 0 spiro atoms. The van der Waals surface area contributed by atoms with Crippen LogP contribution < -0.4 is 0 Å². The normalized spacial score (nSPS) is 16.5. The van der Waals surface area contributed by atoms with E-state index in [-0.39, 0.29) is 6.10 Å². The lowest BCUT2D eigenvalue weighted by Crippen LogP contribution is -2.16. The Balaban J connectivity index is 1.65. The summed E-state index contributed by atoms with van der Waals surface area (Å²) in [4.78, 5) is 13.6. The van der Waals surface area contributed by atoms with Crippen molar-refractivity contribution in [1.29, 1.82) is 0 Å². The third-order valence-electron chi connectivity index (χ3n) is 5.07. The number of nitrogens with zero attached hydrogens (tertiary/aromatic N) is 5. The van der Waals surface area contributed by atoms with Gasteiger partial charge >= 0.3 is 0 Å². The number of aromatic nitrogens is 5. The minimum atomic E-state index is 0.230. The molecular weight excluding hydrogens is 350 g/mol. The van der Waals surface area contributed by atoms with E-state index in [0.29, 0.717) is 5.95 Å². The Morgan fingerprint density at radius 3 is 2.61 bits per heavy atom. The smallest absolute Gasteiger partial charge is 0.234 e. The van der Waals surface area contributed by atoms with Crippen LogP contribution in [0.4, 0.5) is 0 Å². The van der Waals surface area contributed by atoms with E-state index >= 15 is 0 Å². The largest absolute Gasteiger partial charge is 0.376 e. The molecule has 1 aliphatic rings. The predicted molar refractivity (Wildman–Crippen MR) is 107 cm³/mol. The van der Waals surface area contributed by atoms with Gasteiger partial charge in [0, 0.05) is 30.8 Å². The third-order valence-corrected chi connectivity index (χ3v) is 5.07. The first-order valence-electron chi connectivity index (χ1n) is 9.57. The predicted octanol–water partition coefficient (Wildman–Crippen LogP) is 3.98. The molecule has 1 atom stereocenters. The summed E-state index contributed by atoms with van der Waals surface area (Å²) in [5.74, 6) is 0.645. The molecule has 1 saturated heterocycles. The molecule has 1 aliphatic heterocycles. The van der Waals surface area contributed by atoms with Crippen molar-refractivity contribution >= 4 is 0 Å². The van der Waals surface area contributed by atoms with E-state index in [4.69, 9.17) is 9.72 Å². The molecule has 3 aromatic heterocycles. The highest BCUT2D eigenvalue weighted by Gasteiger charge is 2.23. The van der Waals surface area contributed by atoms with Crippen molar-refractivity contribution in [3.8, 4) is 28.6 Å². The minimum Gasteiger partial charge on any atom is -0.376 e. The lowest BCUT2D eigenvalue weighted by Gasteiger charge is -2.16. The number of rotatable bonds is 5. The molecule has 0 saturated carbocycles. The summed E-state index contributed by atoms with van der Waals surface area (Å²) in [7, 11) is 0. The second kappa shape index (κ2) is 7.40. The monoisotopic (exact) mass is 371 g/mol. The lowest BCUT2D eigenvalue weighted by atomic mass is 10.1. The Hall–Kier alpha value is -3.25. The summed E-state index contributed by atoms with van der Waals surface area (Å²) < 4.78 is 10.1. The molecule has 1 aromatic carbocycles. The quantitative estimate of drug-likeness (QED) is 0.532. The average molecular weight is 371 g/mol. The highest BCUT2D eigenvalue weighted by molar-refractivity contribution is 5.77. The molecule has 0 unspecified atom stereocenters. The number of benzene rings is 1. The van der Waals surface area contributed by atoms with E-state index in [2.05, 4.69) is 32.7 Å². The molecule has 0 N–H and O–H groups in total. The van der Waals surface area contributed by atoms with Crippen molar-refractivity contribution in [1.82, 2.24) is 24.1 Å². The van der Waals surface area contributed by atoms with Crippen LogP contribution in [0.1, 0.15) is 12.8 Å². The lowest BCUT2D eigenvalue weighted by molar-refractivity contribution is 0.0973. The van der Waals surface area contributed by atoms with E-state index in [1.54, 1.807) is 12.4 Å². The van der Waals surface area contributed by atoms with Gasteiger partial charge in [-0.3, -0.25) is 4.57 Å². The van der Waals surface area contributed by atoms with Gasteiger partial charge in [0.05, 0.1) is 36.1 Å². The molecule has 1 fully saturated rings. The minimum absolute atomic E-state index is 0.230. The van der Waals surface area contributed by atoms with Crippen molar-refractivity contribution in [2.24, 2.45) is 0 Å². The van der Waals surface area contributed by atoms with Gasteiger partial charge in [0.1, 0.15) is 0 Å². The molecule has 0 radical (unpaired) electrons. The molecular formula is C22H21N5O. The Bertz CT molecular complexity index is 1050. The fraction of sp³-hybridized carbons (Fsp3) is 0.227. The van der Waals surface area contributed by atoms with Crippen LogP contribution in [0.2, 0.25) is 0 Å². The zero-order valence-electron chi connectivity index (χ0n) is 15.5. The second-order valence-electron chi connectivity index (χ2n) is 6.91. The average Bonchev–Trinajstić information content (AvgIpc) is 3.50. The maximum absolute atomic E-state index is 5.88. The zero-order chi connectivity index (χ0) is 18.8. The summed E-state index contributed by atoms with van der Waals surface area (Å²) in [6.07, 6.45) is 9.86. The molecule has 140 valence electrons. The van der Waals surface area contributed by atoms with Gasteiger partial charge in [-0.25, -0.2) is 15.0 Å². The number of imidazole rings is 1. The maximum Gasteiger partial charge on any atom is 0.234 e. The van der Waals surface area contributed by atoms with Crippen LogP contribution in [0.5, 0.6) is 0 Å². The zero-order valence-corrected chi connectivity index (χ0v) is 15.5. The van der Waals surface area contributed by atoms with Gasteiger partial charge in [0.25, 0.3) is 0 Å². The molecule has 0 aliphatic carbocycles. The van der Waals surface area contributed by atoms with Crippen LogP contribution in [-0.2, 0) is 11.3 Å². The van der Waals surface area contributed by atoms with E-state index in [0.717, 1.165) is 48.6 Å².